The minimum absolute atomic E-state index is 0.0869. The van der Waals surface area contributed by atoms with E-state index in [1.165, 1.54) is 4.31 Å². The molecule has 0 radical (unpaired) electrons. The van der Waals surface area contributed by atoms with Gasteiger partial charge in [0, 0.05) is 26.2 Å². The summed E-state index contributed by atoms with van der Waals surface area (Å²) in [5, 5.41) is 0. The van der Waals surface area contributed by atoms with Gasteiger partial charge in [0.15, 0.2) is 0 Å². The Morgan fingerprint density at radius 3 is 2.25 bits per heavy atom. The Hall–Kier alpha value is -0.620. The van der Waals surface area contributed by atoms with Crippen LogP contribution >= 0.6 is 0 Å². The molecule has 1 atom stereocenters. The van der Waals surface area contributed by atoms with Crippen LogP contribution in [0.15, 0.2) is 0 Å². The quantitative estimate of drug-likeness (QED) is 0.794. The normalized spacial score (nSPS) is 21.8. The maximum Gasteiger partial charge on any atom is 0.226 e. The third kappa shape index (κ3) is 3.52. The first kappa shape index (κ1) is 17.4. The minimum atomic E-state index is -3.34. The van der Waals surface area contributed by atoms with E-state index in [1.807, 2.05) is 13.8 Å². The van der Waals surface area contributed by atoms with E-state index in [2.05, 4.69) is 0 Å². The average molecular weight is 304 g/mol. The number of hydrogen-bond acceptors (Lipinski definition) is 3. The molecule has 6 heteroatoms. The molecule has 1 unspecified atom stereocenters. The molecule has 118 valence electrons. The molecular weight excluding hydrogens is 276 g/mol. The summed E-state index contributed by atoms with van der Waals surface area (Å²) in [6.07, 6.45) is 1.54. The summed E-state index contributed by atoms with van der Waals surface area (Å²) in [5.41, 5.74) is 0. The lowest BCUT2D eigenvalue weighted by atomic mass is 9.98. The van der Waals surface area contributed by atoms with Crippen molar-refractivity contribution in [1.29, 1.82) is 0 Å². The van der Waals surface area contributed by atoms with Gasteiger partial charge in [0.05, 0.1) is 10.7 Å². The molecule has 0 saturated carbocycles. The Balaban J connectivity index is 2.85. The van der Waals surface area contributed by atoms with Gasteiger partial charge in [-0.3, -0.25) is 4.79 Å². The number of sulfonamides is 1. The highest BCUT2D eigenvalue weighted by atomic mass is 32.2. The number of carbonyl (C=O) groups excluding carboxylic acids is 1. The van der Waals surface area contributed by atoms with Crippen LogP contribution in [0.3, 0.4) is 0 Å². The molecule has 20 heavy (non-hydrogen) atoms. The Morgan fingerprint density at radius 1 is 1.25 bits per heavy atom. The molecule has 0 spiro atoms. The second kappa shape index (κ2) is 6.43. The summed E-state index contributed by atoms with van der Waals surface area (Å²) in [6, 6.07) is 0. The SMILES string of the molecule is CCN(CC)C(=O)C1CCCN(S(=O)(=O)C(C)(C)C)C1. The van der Waals surface area contributed by atoms with Crippen molar-refractivity contribution in [2.75, 3.05) is 26.2 Å². The molecule has 1 fully saturated rings. The van der Waals surface area contributed by atoms with Crippen molar-refractivity contribution < 1.29 is 13.2 Å². The van der Waals surface area contributed by atoms with Gasteiger partial charge in [0.1, 0.15) is 0 Å². The van der Waals surface area contributed by atoms with Crippen LogP contribution in [0.5, 0.6) is 0 Å². The molecule has 1 saturated heterocycles. The fraction of sp³-hybridized carbons (Fsp3) is 0.929. The third-order valence-electron chi connectivity index (χ3n) is 3.92. The zero-order valence-corrected chi connectivity index (χ0v) is 14.2. The van der Waals surface area contributed by atoms with Crippen LogP contribution in [0.1, 0.15) is 47.5 Å². The van der Waals surface area contributed by atoms with Crippen molar-refractivity contribution in [3.8, 4) is 0 Å². The fourth-order valence-electron chi connectivity index (χ4n) is 2.54. The largest absolute Gasteiger partial charge is 0.343 e. The van der Waals surface area contributed by atoms with Gasteiger partial charge in [0.2, 0.25) is 15.9 Å². The van der Waals surface area contributed by atoms with Crippen molar-refractivity contribution in [2.45, 2.75) is 52.2 Å². The molecule has 0 bridgehead atoms. The van der Waals surface area contributed by atoms with E-state index in [9.17, 15) is 13.2 Å². The highest BCUT2D eigenvalue weighted by Gasteiger charge is 2.39. The number of hydrogen-bond donors (Lipinski definition) is 0. The molecule has 1 aliphatic rings. The van der Waals surface area contributed by atoms with Gasteiger partial charge in [0.25, 0.3) is 0 Å². The lowest BCUT2D eigenvalue weighted by molar-refractivity contribution is -0.136. The second-order valence-electron chi connectivity index (χ2n) is 6.33. The van der Waals surface area contributed by atoms with E-state index < -0.39 is 14.8 Å². The Bertz CT molecular complexity index is 436. The molecule has 1 rings (SSSR count). The first-order valence-corrected chi connectivity index (χ1v) is 8.87. The van der Waals surface area contributed by atoms with Gasteiger partial charge in [-0.1, -0.05) is 0 Å². The number of piperidine rings is 1. The van der Waals surface area contributed by atoms with E-state index in [0.29, 0.717) is 26.2 Å². The zero-order chi connectivity index (χ0) is 15.6. The molecule has 1 aliphatic heterocycles. The van der Waals surface area contributed by atoms with Gasteiger partial charge < -0.3 is 4.90 Å². The smallest absolute Gasteiger partial charge is 0.226 e. The first-order valence-electron chi connectivity index (χ1n) is 7.43. The molecule has 0 aromatic carbocycles. The number of amides is 1. The second-order valence-corrected chi connectivity index (χ2v) is 9.02. The highest BCUT2D eigenvalue weighted by Crippen LogP contribution is 2.27. The van der Waals surface area contributed by atoms with Crippen LogP contribution in [0.25, 0.3) is 0 Å². The van der Waals surface area contributed by atoms with E-state index >= 15 is 0 Å². The summed E-state index contributed by atoms with van der Waals surface area (Å²) in [6.45, 7) is 11.2. The van der Waals surface area contributed by atoms with E-state index in [4.69, 9.17) is 0 Å². The van der Waals surface area contributed by atoms with Crippen LogP contribution in [-0.4, -0.2) is 54.5 Å². The van der Waals surface area contributed by atoms with Crippen LogP contribution in [0.4, 0.5) is 0 Å². The molecule has 0 N–H and O–H groups in total. The van der Waals surface area contributed by atoms with Gasteiger partial charge in [-0.2, -0.15) is 0 Å². The lowest BCUT2D eigenvalue weighted by Crippen LogP contribution is -2.50. The number of carbonyl (C=O) groups is 1. The Labute approximate surface area is 123 Å². The van der Waals surface area contributed by atoms with Crippen LogP contribution in [0, 0.1) is 5.92 Å². The first-order chi connectivity index (χ1) is 9.15. The molecule has 1 heterocycles. The Morgan fingerprint density at radius 2 is 1.80 bits per heavy atom. The number of rotatable bonds is 4. The maximum atomic E-state index is 12.5. The summed E-state index contributed by atoms with van der Waals surface area (Å²) < 4.78 is 25.7. The lowest BCUT2D eigenvalue weighted by Gasteiger charge is -2.37. The fourth-order valence-corrected chi connectivity index (χ4v) is 4.06. The van der Waals surface area contributed by atoms with Crippen molar-refractivity contribution in [2.24, 2.45) is 5.92 Å². The summed E-state index contributed by atoms with van der Waals surface area (Å²) in [5.74, 6) is -0.107. The van der Waals surface area contributed by atoms with Crippen molar-refractivity contribution >= 4 is 15.9 Å². The monoisotopic (exact) mass is 304 g/mol. The van der Waals surface area contributed by atoms with Gasteiger partial charge in [-0.25, -0.2) is 12.7 Å². The van der Waals surface area contributed by atoms with E-state index in [0.717, 1.165) is 12.8 Å². The zero-order valence-electron chi connectivity index (χ0n) is 13.3. The standard InChI is InChI=1S/C14H28N2O3S/c1-6-15(7-2)13(17)12-9-8-10-16(11-12)20(18,19)14(3,4)5/h12H,6-11H2,1-5H3. The number of nitrogens with zero attached hydrogens (tertiary/aromatic N) is 2. The maximum absolute atomic E-state index is 12.5. The van der Waals surface area contributed by atoms with E-state index in [1.54, 1.807) is 25.7 Å². The summed E-state index contributed by atoms with van der Waals surface area (Å²) in [4.78, 5) is 14.2. The van der Waals surface area contributed by atoms with Crippen LogP contribution in [0.2, 0.25) is 0 Å². The molecule has 0 aromatic rings. The topological polar surface area (TPSA) is 57.7 Å². The molecule has 5 nitrogen and oxygen atoms in total. The summed E-state index contributed by atoms with van der Waals surface area (Å²) in [7, 11) is -3.34. The minimum Gasteiger partial charge on any atom is -0.343 e. The van der Waals surface area contributed by atoms with Gasteiger partial charge in [-0.15, -0.1) is 0 Å². The molecular formula is C14H28N2O3S. The third-order valence-corrected chi connectivity index (χ3v) is 6.48. The van der Waals surface area contributed by atoms with Gasteiger partial charge >= 0.3 is 0 Å². The van der Waals surface area contributed by atoms with E-state index in [-0.39, 0.29) is 11.8 Å². The summed E-state index contributed by atoms with van der Waals surface area (Å²) >= 11 is 0. The van der Waals surface area contributed by atoms with Gasteiger partial charge in [-0.05, 0) is 47.5 Å². The van der Waals surface area contributed by atoms with Crippen molar-refractivity contribution in [1.82, 2.24) is 9.21 Å². The van der Waals surface area contributed by atoms with Crippen LogP contribution in [-0.2, 0) is 14.8 Å². The van der Waals surface area contributed by atoms with Crippen molar-refractivity contribution in [3.05, 3.63) is 0 Å². The predicted molar refractivity (Wildman–Crippen MR) is 80.9 cm³/mol. The Kier molecular flexibility index (Phi) is 5.61. The average Bonchev–Trinajstić information content (AvgIpc) is 2.39. The molecule has 1 amide bonds. The highest BCUT2D eigenvalue weighted by molar-refractivity contribution is 7.90. The molecule has 0 aliphatic carbocycles. The molecule has 0 aromatic heterocycles. The van der Waals surface area contributed by atoms with Crippen molar-refractivity contribution in [3.63, 3.8) is 0 Å². The van der Waals surface area contributed by atoms with Crippen LogP contribution < -0.4 is 0 Å². The predicted octanol–water partition coefficient (Wildman–Crippen LogP) is 1.70.